The maximum absolute atomic E-state index is 12.5. The van der Waals surface area contributed by atoms with E-state index in [1.165, 1.54) is 10.9 Å². The average molecular weight is 257 g/mol. The van der Waals surface area contributed by atoms with E-state index in [0.29, 0.717) is 0 Å². The lowest BCUT2D eigenvalue weighted by Crippen LogP contribution is -2.47. The van der Waals surface area contributed by atoms with Gasteiger partial charge in [-0.3, -0.25) is 4.79 Å². The van der Waals surface area contributed by atoms with Gasteiger partial charge < -0.3 is 14.8 Å². The molecule has 0 unspecified atom stereocenters. The van der Waals surface area contributed by atoms with Gasteiger partial charge in [0.25, 0.3) is 5.91 Å². The lowest BCUT2D eigenvalue weighted by molar-refractivity contribution is 0.0664. The maximum atomic E-state index is 12.5. The molecule has 0 aliphatic carbocycles. The third-order valence-corrected chi connectivity index (χ3v) is 3.93. The molecule has 100 valence electrons. The number of carbonyl (C=O) groups is 1. The Morgan fingerprint density at radius 2 is 1.95 bits per heavy atom. The Labute approximate surface area is 113 Å². The molecule has 2 heterocycles. The van der Waals surface area contributed by atoms with Gasteiger partial charge in [-0.25, -0.2) is 0 Å². The summed E-state index contributed by atoms with van der Waals surface area (Å²) >= 11 is 0. The van der Waals surface area contributed by atoms with Gasteiger partial charge in [-0.05, 0) is 31.7 Å². The van der Waals surface area contributed by atoms with Crippen LogP contribution in [0.1, 0.15) is 15.9 Å². The number of hydrogen-bond acceptors (Lipinski definition) is 2. The van der Waals surface area contributed by atoms with E-state index < -0.39 is 0 Å². The van der Waals surface area contributed by atoms with E-state index in [2.05, 4.69) is 23.9 Å². The molecular formula is C15H19N3O. The Morgan fingerprint density at radius 3 is 2.68 bits per heavy atom. The van der Waals surface area contributed by atoms with Crippen LogP contribution in [0.3, 0.4) is 0 Å². The summed E-state index contributed by atoms with van der Waals surface area (Å²) in [5.74, 6) is 0.141. The van der Waals surface area contributed by atoms with Crippen LogP contribution < -0.4 is 0 Å². The fraction of sp³-hybridized carbons (Fsp3) is 0.400. The largest absolute Gasteiger partial charge is 0.361 e. The van der Waals surface area contributed by atoms with Crippen LogP contribution in [0.2, 0.25) is 0 Å². The van der Waals surface area contributed by atoms with E-state index >= 15 is 0 Å². The highest BCUT2D eigenvalue weighted by Crippen LogP contribution is 2.20. The summed E-state index contributed by atoms with van der Waals surface area (Å²) in [6.45, 7) is 5.61. The van der Waals surface area contributed by atoms with Crippen LogP contribution in [0.25, 0.3) is 10.9 Å². The number of hydrogen-bond donors (Lipinski definition) is 1. The van der Waals surface area contributed by atoms with Crippen LogP contribution in [-0.2, 0) is 0 Å². The molecule has 1 aliphatic rings. The first-order chi connectivity index (χ1) is 9.15. The van der Waals surface area contributed by atoms with Crippen LogP contribution in [0.5, 0.6) is 0 Å². The van der Waals surface area contributed by atoms with E-state index in [-0.39, 0.29) is 5.91 Å². The molecular weight excluding hydrogens is 238 g/mol. The summed E-state index contributed by atoms with van der Waals surface area (Å²) in [5.41, 5.74) is 3.03. The van der Waals surface area contributed by atoms with Crippen molar-refractivity contribution in [3.05, 3.63) is 35.5 Å². The van der Waals surface area contributed by atoms with Crippen LogP contribution in [0, 0.1) is 6.92 Å². The van der Waals surface area contributed by atoms with Crippen LogP contribution in [0.15, 0.2) is 24.4 Å². The van der Waals surface area contributed by atoms with Crippen LogP contribution in [0.4, 0.5) is 0 Å². The Hall–Kier alpha value is -1.81. The van der Waals surface area contributed by atoms with Crippen molar-refractivity contribution in [2.45, 2.75) is 6.92 Å². The number of benzene rings is 1. The molecule has 0 spiro atoms. The van der Waals surface area contributed by atoms with Gasteiger partial charge in [0.1, 0.15) is 0 Å². The highest BCUT2D eigenvalue weighted by atomic mass is 16.2. The van der Waals surface area contributed by atoms with Gasteiger partial charge in [0.05, 0.1) is 0 Å². The van der Waals surface area contributed by atoms with Crippen molar-refractivity contribution in [2.75, 3.05) is 33.2 Å². The first-order valence-electron chi connectivity index (χ1n) is 6.71. The van der Waals surface area contributed by atoms with Crippen molar-refractivity contribution in [2.24, 2.45) is 0 Å². The van der Waals surface area contributed by atoms with E-state index in [1.54, 1.807) is 0 Å². The number of likely N-dealkylation sites (N-methyl/N-ethyl adjacent to an activating group) is 1. The summed E-state index contributed by atoms with van der Waals surface area (Å²) in [5, 5.41) is 1.19. The number of nitrogens with one attached hydrogen (secondary N) is 1. The van der Waals surface area contributed by atoms with Gasteiger partial charge in [0, 0.05) is 48.8 Å². The summed E-state index contributed by atoms with van der Waals surface area (Å²) in [6, 6.07) is 5.93. The molecule has 0 bridgehead atoms. The smallest absolute Gasteiger partial charge is 0.254 e. The molecule has 1 aromatic heterocycles. The molecule has 4 nitrogen and oxygen atoms in total. The second-order valence-corrected chi connectivity index (χ2v) is 5.33. The van der Waals surface area contributed by atoms with E-state index in [0.717, 1.165) is 37.3 Å². The van der Waals surface area contributed by atoms with Crippen molar-refractivity contribution >= 4 is 16.8 Å². The third-order valence-electron chi connectivity index (χ3n) is 3.93. The predicted octanol–water partition coefficient (Wildman–Crippen LogP) is 1.86. The SMILES string of the molecule is Cc1c[nH]c2cc(C(=O)N3CCN(C)CC3)ccc12. The first kappa shape index (κ1) is 12.2. The number of fused-ring (bicyclic) bond motifs is 1. The number of amides is 1. The van der Waals surface area contributed by atoms with Crippen LogP contribution >= 0.6 is 0 Å². The minimum Gasteiger partial charge on any atom is -0.361 e. The number of rotatable bonds is 1. The molecule has 1 N–H and O–H groups in total. The Morgan fingerprint density at radius 1 is 1.21 bits per heavy atom. The van der Waals surface area contributed by atoms with E-state index in [9.17, 15) is 4.79 Å². The minimum absolute atomic E-state index is 0.141. The first-order valence-corrected chi connectivity index (χ1v) is 6.71. The molecule has 0 atom stereocenters. The Kier molecular flexibility index (Phi) is 3.03. The molecule has 0 saturated carbocycles. The second-order valence-electron chi connectivity index (χ2n) is 5.33. The van der Waals surface area contributed by atoms with Crippen molar-refractivity contribution in [3.8, 4) is 0 Å². The van der Waals surface area contributed by atoms with Crippen molar-refractivity contribution < 1.29 is 4.79 Å². The quantitative estimate of drug-likeness (QED) is 0.847. The number of aromatic amines is 1. The summed E-state index contributed by atoms with van der Waals surface area (Å²) in [4.78, 5) is 19.9. The lowest BCUT2D eigenvalue weighted by Gasteiger charge is -2.32. The molecule has 19 heavy (non-hydrogen) atoms. The summed E-state index contributed by atoms with van der Waals surface area (Å²) in [7, 11) is 2.09. The molecule has 1 saturated heterocycles. The average Bonchev–Trinajstić information content (AvgIpc) is 2.80. The molecule has 4 heteroatoms. The number of piperazine rings is 1. The van der Waals surface area contributed by atoms with Gasteiger partial charge in [-0.2, -0.15) is 0 Å². The molecule has 1 fully saturated rings. The van der Waals surface area contributed by atoms with Gasteiger partial charge in [-0.15, -0.1) is 0 Å². The molecule has 2 aromatic rings. The number of aromatic nitrogens is 1. The number of nitrogens with zero attached hydrogens (tertiary/aromatic N) is 2. The molecule has 1 aliphatic heterocycles. The molecule has 3 rings (SSSR count). The highest BCUT2D eigenvalue weighted by Gasteiger charge is 2.20. The van der Waals surface area contributed by atoms with Gasteiger partial charge in [0.2, 0.25) is 0 Å². The van der Waals surface area contributed by atoms with Gasteiger partial charge in [-0.1, -0.05) is 6.07 Å². The standard InChI is InChI=1S/C15H19N3O/c1-11-10-16-14-9-12(3-4-13(11)14)15(19)18-7-5-17(2)6-8-18/h3-4,9-10,16H,5-8H2,1-2H3. The Balaban J connectivity index is 1.85. The molecule has 1 aromatic carbocycles. The van der Waals surface area contributed by atoms with Crippen molar-refractivity contribution in [1.29, 1.82) is 0 Å². The Bertz CT molecular complexity index is 609. The van der Waals surface area contributed by atoms with Crippen LogP contribution in [-0.4, -0.2) is 53.9 Å². The number of H-pyrrole nitrogens is 1. The maximum Gasteiger partial charge on any atom is 0.254 e. The topological polar surface area (TPSA) is 39.3 Å². The monoisotopic (exact) mass is 257 g/mol. The zero-order valence-corrected chi connectivity index (χ0v) is 11.4. The summed E-state index contributed by atoms with van der Waals surface area (Å²) in [6.07, 6.45) is 1.98. The fourth-order valence-corrected chi connectivity index (χ4v) is 2.60. The lowest BCUT2D eigenvalue weighted by atomic mass is 10.1. The number of aryl methyl sites for hydroxylation is 1. The minimum atomic E-state index is 0.141. The van der Waals surface area contributed by atoms with Crippen molar-refractivity contribution in [3.63, 3.8) is 0 Å². The zero-order chi connectivity index (χ0) is 13.4. The molecule has 1 amide bonds. The fourth-order valence-electron chi connectivity index (χ4n) is 2.60. The number of carbonyl (C=O) groups excluding carboxylic acids is 1. The van der Waals surface area contributed by atoms with E-state index in [4.69, 9.17) is 0 Å². The molecule has 0 radical (unpaired) electrons. The second kappa shape index (κ2) is 4.70. The highest BCUT2D eigenvalue weighted by molar-refractivity contribution is 5.98. The predicted molar refractivity (Wildman–Crippen MR) is 76.4 cm³/mol. The van der Waals surface area contributed by atoms with Gasteiger partial charge >= 0.3 is 0 Å². The van der Waals surface area contributed by atoms with Crippen molar-refractivity contribution in [1.82, 2.24) is 14.8 Å². The normalized spacial score (nSPS) is 17.1. The zero-order valence-electron chi connectivity index (χ0n) is 11.4. The van der Waals surface area contributed by atoms with Gasteiger partial charge in [0.15, 0.2) is 0 Å². The van der Waals surface area contributed by atoms with E-state index in [1.807, 2.05) is 29.3 Å². The summed E-state index contributed by atoms with van der Waals surface area (Å²) < 4.78 is 0. The third kappa shape index (κ3) is 2.24.